The first-order valence-corrected chi connectivity index (χ1v) is 6.89. The Hall–Kier alpha value is -1.82. The molecule has 0 aliphatic rings. The molecule has 3 N–H and O–H groups in total. The second-order valence-corrected chi connectivity index (χ2v) is 5.40. The highest BCUT2D eigenvalue weighted by Gasteiger charge is 2.13. The van der Waals surface area contributed by atoms with Crippen molar-refractivity contribution in [3.8, 4) is 0 Å². The quantitative estimate of drug-likeness (QED) is 0.564. The highest BCUT2D eigenvalue weighted by molar-refractivity contribution is 7.18. The molecule has 0 bridgehead atoms. The molecule has 96 valence electrons. The molecule has 0 aliphatic heterocycles. The number of pyridine rings is 1. The summed E-state index contributed by atoms with van der Waals surface area (Å²) in [6.07, 6.45) is 4.36. The van der Waals surface area contributed by atoms with Crippen LogP contribution in [0.15, 0.2) is 48.8 Å². The number of aromatic nitrogens is 2. The van der Waals surface area contributed by atoms with Gasteiger partial charge in [0.15, 0.2) is 0 Å². The predicted octanol–water partition coefficient (Wildman–Crippen LogP) is 2.44. The number of para-hydroxylation sites is 1. The summed E-state index contributed by atoms with van der Waals surface area (Å²) in [5, 5.41) is 1.08. The molecule has 0 spiro atoms. The van der Waals surface area contributed by atoms with Gasteiger partial charge in [-0.05, 0) is 23.8 Å². The van der Waals surface area contributed by atoms with Crippen molar-refractivity contribution in [3.05, 3.63) is 59.4 Å². The minimum absolute atomic E-state index is 0.0364. The van der Waals surface area contributed by atoms with Crippen molar-refractivity contribution in [1.29, 1.82) is 0 Å². The molecule has 0 fully saturated rings. The number of benzene rings is 1. The highest BCUT2D eigenvalue weighted by Crippen LogP contribution is 2.25. The Morgan fingerprint density at radius 2 is 2.11 bits per heavy atom. The van der Waals surface area contributed by atoms with Crippen molar-refractivity contribution in [1.82, 2.24) is 15.4 Å². The van der Waals surface area contributed by atoms with Crippen molar-refractivity contribution in [2.75, 3.05) is 0 Å². The van der Waals surface area contributed by atoms with E-state index in [0.29, 0.717) is 0 Å². The summed E-state index contributed by atoms with van der Waals surface area (Å²) in [5.41, 5.74) is 4.96. The molecule has 5 heteroatoms. The van der Waals surface area contributed by atoms with E-state index in [1.165, 1.54) is 4.70 Å². The van der Waals surface area contributed by atoms with Crippen LogP contribution < -0.4 is 11.3 Å². The summed E-state index contributed by atoms with van der Waals surface area (Å²) < 4.78 is 1.21. The zero-order valence-corrected chi connectivity index (χ0v) is 11.1. The van der Waals surface area contributed by atoms with E-state index < -0.39 is 0 Å². The molecular weight excluding hydrogens is 256 g/mol. The molecule has 3 rings (SSSR count). The molecule has 4 nitrogen and oxygen atoms in total. The fourth-order valence-corrected chi connectivity index (χ4v) is 3.05. The molecule has 2 heterocycles. The first kappa shape index (κ1) is 12.2. The van der Waals surface area contributed by atoms with Crippen LogP contribution in [0.5, 0.6) is 0 Å². The minimum atomic E-state index is 0.0364. The average molecular weight is 270 g/mol. The van der Waals surface area contributed by atoms with E-state index in [4.69, 9.17) is 5.84 Å². The molecule has 3 aromatic rings. The summed E-state index contributed by atoms with van der Waals surface area (Å²) >= 11 is 1.71. The van der Waals surface area contributed by atoms with Gasteiger partial charge in [-0.25, -0.2) is 4.98 Å². The molecular formula is C14H14N4S. The van der Waals surface area contributed by atoms with E-state index >= 15 is 0 Å². The summed E-state index contributed by atoms with van der Waals surface area (Å²) in [4.78, 5) is 8.75. The van der Waals surface area contributed by atoms with Gasteiger partial charge in [-0.2, -0.15) is 0 Å². The standard InChI is InChI=1S/C14H14N4S/c15-18-12(10-4-3-7-16-9-10)8-14-17-11-5-1-2-6-13(11)19-14/h1-7,9,12,18H,8,15H2. The average Bonchev–Trinajstić information content (AvgIpc) is 2.88. The van der Waals surface area contributed by atoms with Gasteiger partial charge >= 0.3 is 0 Å². The molecule has 1 unspecified atom stereocenters. The van der Waals surface area contributed by atoms with Gasteiger partial charge in [0.25, 0.3) is 0 Å². The number of nitrogens with one attached hydrogen (secondary N) is 1. The van der Waals surface area contributed by atoms with E-state index in [1.54, 1.807) is 17.5 Å². The highest BCUT2D eigenvalue weighted by atomic mass is 32.1. The fraction of sp³-hybridized carbons (Fsp3) is 0.143. The van der Waals surface area contributed by atoms with Crippen LogP contribution in [0.3, 0.4) is 0 Å². The van der Waals surface area contributed by atoms with Crippen LogP contribution in [-0.4, -0.2) is 9.97 Å². The Labute approximate surface area is 115 Å². The van der Waals surface area contributed by atoms with Crippen LogP contribution in [0.2, 0.25) is 0 Å². The molecule has 1 aromatic carbocycles. The van der Waals surface area contributed by atoms with Crippen molar-refractivity contribution >= 4 is 21.6 Å². The lowest BCUT2D eigenvalue weighted by Crippen LogP contribution is -2.29. The van der Waals surface area contributed by atoms with Gasteiger partial charge in [0.2, 0.25) is 0 Å². The molecule has 0 amide bonds. The summed E-state index contributed by atoms with van der Waals surface area (Å²) in [5.74, 6) is 5.65. The monoisotopic (exact) mass is 270 g/mol. The first-order chi connectivity index (χ1) is 9.36. The lowest BCUT2D eigenvalue weighted by molar-refractivity contribution is 0.549. The number of hydrazine groups is 1. The minimum Gasteiger partial charge on any atom is -0.271 e. The maximum Gasteiger partial charge on any atom is 0.0958 e. The van der Waals surface area contributed by atoms with Crippen LogP contribution in [0.25, 0.3) is 10.2 Å². The number of rotatable bonds is 4. The van der Waals surface area contributed by atoms with Crippen molar-refractivity contribution < 1.29 is 0 Å². The van der Waals surface area contributed by atoms with Crippen molar-refractivity contribution in [3.63, 3.8) is 0 Å². The Morgan fingerprint density at radius 1 is 1.21 bits per heavy atom. The lowest BCUT2D eigenvalue weighted by Gasteiger charge is -2.13. The Kier molecular flexibility index (Phi) is 3.50. The van der Waals surface area contributed by atoms with E-state index in [9.17, 15) is 0 Å². The topological polar surface area (TPSA) is 63.8 Å². The zero-order valence-electron chi connectivity index (χ0n) is 10.3. The second-order valence-electron chi connectivity index (χ2n) is 4.29. The molecule has 0 saturated carbocycles. The predicted molar refractivity (Wildman–Crippen MR) is 77.6 cm³/mol. The van der Waals surface area contributed by atoms with Gasteiger partial charge in [0.05, 0.1) is 21.3 Å². The van der Waals surface area contributed by atoms with Crippen molar-refractivity contribution in [2.45, 2.75) is 12.5 Å². The van der Waals surface area contributed by atoms with Crippen molar-refractivity contribution in [2.24, 2.45) is 5.84 Å². The Bertz CT molecular complexity index is 632. The van der Waals surface area contributed by atoms with Gasteiger partial charge in [-0.3, -0.25) is 16.3 Å². The summed E-state index contributed by atoms with van der Waals surface area (Å²) in [6, 6.07) is 12.1. The molecule has 1 atom stereocenters. The largest absolute Gasteiger partial charge is 0.271 e. The van der Waals surface area contributed by atoms with E-state index in [1.807, 2.05) is 36.5 Å². The third-order valence-electron chi connectivity index (χ3n) is 3.00. The summed E-state index contributed by atoms with van der Waals surface area (Å²) in [7, 11) is 0. The number of hydrogen-bond acceptors (Lipinski definition) is 5. The smallest absolute Gasteiger partial charge is 0.0958 e. The third-order valence-corrected chi connectivity index (χ3v) is 4.06. The Balaban J connectivity index is 1.86. The number of nitrogens with two attached hydrogens (primary N) is 1. The van der Waals surface area contributed by atoms with Gasteiger partial charge in [0.1, 0.15) is 0 Å². The third kappa shape index (κ3) is 2.63. The zero-order chi connectivity index (χ0) is 13.1. The number of hydrogen-bond donors (Lipinski definition) is 2. The van der Waals surface area contributed by atoms with E-state index in [2.05, 4.69) is 21.5 Å². The maximum absolute atomic E-state index is 5.65. The first-order valence-electron chi connectivity index (χ1n) is 6.07. The van der Waals surface area contributed by atoms with E-state index in [-0.39, 0.29) is 6.04 Å². The second kappa shape index (κ2) is 5.44. The molecule has 19 heavy (non-hydrogen) atoms. The summed E-state index contributed by atoms with van der Waals surface area (Å²) in [6.45, 7) is 0. The Morgan fingerprint density at radius 3 is 2.84 bits per heavy atom. The number of thiazole rings is 1. The maximum atomic E-state index is 5.65. The normalized spacial score (nSPS) is 12.7. The van der Waals surface area contributed by atoms with Crippen LogP contribution in [0.4, 0.5) is 0 Å². The molecule has 0 radical (unpaired) electrons. The van der Waals surface area contributed by atoms with Crippen LogP contribution >= 0.6 is 11.3 Å². The van der Waals surface area contributed by atoms with Gasteiger partial charge < -0.3 is 0 Å². The van der Waals surface area contributed by atoms with Crippen LogP contribution in [0.1, 0.15) is 16.6 Å². The van der Waals surface area contributed by atoms with E-state index in [0.717, 1.165) is 22.5 Å². The molecule has 0 aliphatic carbocycles. The SMILES string of the molecule is NNC(Cc1nc2ccccc2s1)c1cccnc1. The fourth-order valence-electron chi connectivity index (χ4n) is 2.04. The molecule has 2 aromatic heterocycles. The van der Waals surface area contributed by atoms with Gasteiger partial charge in [-0.15, -0.1) is 11.3 Å². The lowest BCUT2D eigenvalue weighted by atomic mass is 10.1. The van der Waals surface area contributed by atoms with Gasteiger partial charge in [-0.1, -0.05) is 18.2 Å². The van der Waals surface area contributed by atoms with Crippen LogP contribution in [-0.2, 0) is 6.42 Å². The number of nitrogens with zero attached hydrogens (tertiary/aromatic N) is 2. The molecule has 0 saturated heterocycles. The van der Waals surface area contributed by atoms with Gasteiger partial charge in [0, 0.05) is 18.8 Å². The number of fused-ring (bicyclic) bond motifs is 1. The van der Waals surface area contributed by atoms with Crippen LogP contribution in [0, 0.1) is 0 Å².